The summed E-state index contributed by atoms with van der Waals surface area (Å²) in [6.45, 7) is 6.14. The molecule has 5 rings (SSSR count). The second kappa shape index (κ2) is 11.2. The van der Waals surface area contributed by atoms with Crippen molar-refractivity contribution in [3.8, 4) is 0 Å². The Bertz CT molecular complexity index is 1140. The molecule has 3 heterocycles. The van der Waals surface area contributed by atoms with Crippen LogP contribution >= 0.6 is 0 Å². The largest absolute Gasteiger partial charge is 0.393 e. The molecule has 1 saturated carbocycles. The van der Waals surface area contributed by atoms with Crippen LogP contribution in [0.25, 0.3) is 10.9 Å². The summed E-state index contributed by atoms with van der Waals surface area (Å²) in [4.78, 5) is 34.4. The molecule has 3 aliphatic rings. The number of nitrogens with zero attached hydrogens (tertiary/aromatic N) is 4. The lowest BCUT2D eigenvalue weighted by atomic mass is 9.84. The van der Waals surface area contributed by atoms with Crippen molar-refractivity contribution in [2.75, 3.05) is 53.0 Å². The molecular weight excluding hydrogens is 468 g/mol. The molecule has 37 heavy (non-hydrogen) atoms. The number of aliphatic hydroxyl groups is 1. The number of para-hydroxylation sites is 1. The van der Waals surface area contributed by atoms with Gasteiger partial charge in [-0.3, -0.25) is 14.5 Å². The van der Waals surface area contributed by atoms with Crippen molar-refractivity contribution < 1.29 is 14.6 Å². The number of hydrogen-bond donors (Lipinski definition) is 1. The monoisotopic (exact) mass is 510 g/mol. The summed E-state index contributed by atoms with van der Waals surface area (Å²) in [6, 6.07) is 9.86. The van der Waals surface area contributed by atoms with Gasteiger partial charge in [0.15, 0.2) is 0 Å². The first kappa shape index (κ1) is 26.4. The average Bonchev–Trinajstić information content (AvgIpc) is 2.92. The first-order valence-corrected chi connectivity index (χ1v) is 13.9. The average molecular weight is 511 g/mol. The number of rotatable bonds is 6. The number of amides is 1. The number of fused-ring (bicyclic) bond motifs is 1. The molecule has 1 aromatic carbocycles. The predicted molar refractivity (Wildman–Crippen MR) is 144 cm³/mol. The molecule has 0 bridgehead atoms. The van der Waals surface area contributed by atoms with Gasteiger partial charge in [-0.25, -0.2) is 0 Å². The third-order valence-corrected chi connectivity index (χ3v) is 8.89. The van der Waals surface area contributed by atoms with Crippen LogP contribution < -0.4 is 5.56 Å². The summed E-state index contributed by atoms with van der Waals surface area (Å²) >= 11 is 0. The third kappa shape index (κ3) is 5.62. The molecule has 1 aromatic heterocycles. The molecule has 2 aliphatic heterocycles. The maximum Gasteiger partial charge on any atom is 0.255 e. The highest BCUT2D eigenvalue weighted by atomic mass is 16.5. The molecule has 1 N–H and O–H groups in total. The number of aliphatic hydroxyl groups excluding tert-OH is 1. The van der Waals surface area contributed by atoms with Gasteiger partial charge in [-0.2, -0.15) is 0 Å². The molecular formula is C29H42N4O4. The molecule has 1 aliphatic carbocycles. The molecule has 202 valence electrons. The second-order valence-electron chi connectivity index (χ2n) is 11.5. The van der Waals surface area contributed by atoms with E-state index in [0.29, 0.717) is 50.9 Å². The highest BCUT2D eigenvalue weighted by Gasteiger charge is 2.43. The maximum atomic E-state index is 14.1. The molecule has 1 amide bonds. The number of piperazine rings is 1. The minimum Gasteiger partial charge on any atom is -0.393 e. The van der Waals surface area contributed by atoms with Crippen molar-refractivity contribution in [2.24, 2.45) is 13.0 Å². The van der Waals surface area contributed by atoms with E-state index in [2.05, 4.69) is 16.8 Å². The minimum atomic E-state index is -0.311. The van der Waals surface area contributed by atoms with Gasteiger partial charge in [-0.15, -0.1) is 0 Å². The van der Waals surface area contributed by atoms with Crippen molar-refractivity contribution in [2.45, 2.75) is 56.7 Å². The van der Waals surface area contributed by atoms with Crippen molar-refractivity contribution in [1.82, 2.24) is 19.3 Å². The number of aromatic nitrogens is 1. The van der Waals surface area contributed by atoms with Gasteiger partial charge in [0.25, 0.3) is 5.56 Å². The maximum absolute atomic E-state index is 14.1. The lowest BCUT2D eigenvalue weighted by Crippen LogP contribution is -2.64. The smallest absolute Gasteiger partial charge is 0.255 e. The Balaban J connectivity index is 1.48. The number of ether oxygens (including phenoxy) is 1. The Morgan fingerprint density at radius 1 is 1.11 bits per heavy atom. The Kier molecular flexibility index (Phi) is 8.00. The molecule has 8 nitrogen and oxygen atoms in total. The molecule has 0 radical (unpaired) electrons. The molecule has 8 heteroatoms. The number of pyridine rings is 1. The highest BCUT2D eigenvalue weighted by molar-refractivity contribution is 5.81. The van der Waals surface area contributed by atoms with Gasteiger partial charge in [0.05, 0.1) is 30.3 Å². The molecule has 3 fully saturated rings. The summed E-state index contributed by atoms with van der Waals surface area (Å²) in [7, 11) is 3.97. The number of carbonyl (C=O) groups is 1. The van der Waals surface area contributed by atoms with Crippen LogP contribution in [0.5, 0.6) is 0 Å². The topological polar surface area (TPSA) is 78.2 Å². The summed E-state index contributed by atoms with van der Waals surface area (Å²) in [5.74, 6) is 0.00273. The zero-order valence-corrected chi connectivity index (χ0v) is 22.4. The van der Waals surface area contributed by atoms with Gasteiger partial charge in [-0.1, -0.05) is 18.2 Å². The van der Waals surface area contributed by atoms with E-state index in [1.807, 2.05) is 42.3 Å². The summed E-state index contributed by atoms with van der Waals surface area (Å²) in [5.41, 5.74) is 1.25. The second-order valence-corrected chi connectivity index (χ2v) is 11.5. The predicted octanol–water partition coefficient (Wildman–Crippen LogP) is 2.21. The molecule has 2 saturated heterocycles. The zero-order chi connectivity index (χ0) is 26.0. The van der Waals surface area contributed by atoms with E-state index < -0.39 is 0 Å². The number of aryl methyl sites for hydroxylation is 1. The van der Waals surface area contributed by atoms with E-state index >= 15 is 0 Å². The number of benzene rings is 1. The minimum absolute atomic E-state index is 0.0518. The SMILES string of the molecule is CN1CCN(C2(CN(Cc3cc4ccccc4n(C)c3=O)C(=O)C3CCC(O)CC3)CCCOC2)CC1. The normalized spacial score (nSPS) is 27.9. The Morgan fingerprint density at radius 2 is 1.84 bits per heavy atom. The summed E-state index contributed by atoms with van der Waals surface area (Å²) in [6.07, 6.45) is 4.37. The van der Waals surface area contributed by atoms with Gasteiger partial charge in [0.1, 0.15) is 0 Å². The zero-order valence-electron chi connectivity index (χ0n) is 22.4. The fraction of sp³-hybridized carbons (Fsp3) is 0.655. The van der Waals surface area contributed by atoms with Gasteiger partial charge in [0.2, 0.25) is 5.91 Å². The lowest BCUT2D eigenvalue weighted by Gasteiger charge is -2.51. The molecule has 1 atom stereocenters. The first-order chi connectivity index (χ1) is 17.9. The number of hydrogen-bond acceptors (Lipinski definition) is 6. The number of likely N-dealkylation sites (N-methyl/N-ethyl adjacent to an activating group) is 1. The number of carbonyl (C=O) groups excluding carboxylic acids is 1. The molecule has 2 aromatic rings. The van der Waals surface area contributed by atoms with Crippen molar-refractivity contribution in [3.05, 3.63) is 46.2 Å². The lowest BCUT2D eigenvalue weighted by molar-refractivity contribution is -0.144. The van der Waals surface area contributed by atoms with Crippen molar-refractivity contribution in [1.29, 1.82) is 0 Å². The summed E-state index contributed by atoms with van der Waals surface area (Å²) in [5, 5.41) is 11.0. The molecule has 0 spiro atoms. The van der Waals surface area contributed by atoms with Crippen LogP contribution in [-0.2, 0) is 23.1 Å². The van der Waals surface area contributed by atoms with Crippen LogP contribution in [0.3, 0.4) is 0 Å². The Labute approximate surface area is 219 Å². The fourth-order valence-corrected chi connectivity index (χ4v) is 6.55. The van der Waals surface area contributed by atoms with E-state index in [0.717, 1.165) is 56.5 Å². The van der Waals surface area contributed by atoms with Crippen molar-refractivity contribution in [3.63, 3.8) is 0 Å². The quantitative estimate of drug-likeness (QED) is 0.642. The van der Waals surface area contributed by atoms with Gasteiger partial charge >= 0.3 is 0 Å². The van der Waals surface area contributed by atoms with E-state index in [1.165, 1.54) is 0 Å². The standard InChI is InChI=1S/C29H42N4O4/c1-30-13-15-33(16-14-30)29(12-5-17-37-21-29)20-32(28(36)22-8-10-25(34)11-9-22)19-24-18-23-6-3-4-7-26(23)31(2)27(24)35/h3-4,6-7,18,22,25,34H,5,8-17,19-21H2,1-2H3. The highest BCUT2D eigenvalue weighted by Crippen LogP contribution is 2.32. The van der Waals surface area contributed by atoms with Crippen LogP contribution in [0.15, 0.2) is 35.1 Å². The van der Waals surface area contributed by atoms with Crippen LogP contribution in [0.4, 0.5) is 0 Å². The summed E-state index contributed by atoms with van der Waals surface area (Å²) < 4.78 is 7.76. The van der Waals surface area contributed by atoms with Crippen LogP contribution in [0.1, 0.15) is 44.1 Å². The van der Waals surface area contributed by atoms with Crippen molar-refractivity contribution >= 4 is 16.8 Å². The van der Waals surface area contributed by atoms with Crippen LogP contribution in [0, 0.1) is 5.92 Å². The van der Waals surface area contributed by atoms with Gasteiger partial charge < -0.3 is 24.2 Å². The fourth-order valence-electron chi connectivity index (χ4n) is 6.55. The molecule has 1 unspecified atom stereocenters. The van der Waals surface area contributed by atoms with E-state index in [-0.39, 0.29) is 29.0 Å². The van der Waals surface area contributed by atoms with E-state index in [9.17, 15) is 14.7 Å². The van der Waals surface area contributed by atoms with E-state index in [4.69, 9.17) is 4.74 Å². The van der Waals surface area contributed by atoms with Crippen LogP contribution in [-0.4, -0.2) is 94.9 Å². The Morgan fingerprint density at radius 3 is 2.54 bits per heavy atom. The first-order valence-electron chi connectivity index (χ1n) is 13.9. The Hall–Kier alpha value is -2.26. The third-order valence-electron chi connectivity index (χ3n) is 8.89. The van der Waals surface area contributed by atoms with Gasteiger partial charge in [-0.05, 0) is 63.1 Å². The van der Waals surface area contributed by atoms with Crippen LogP contribution in [0.2, 0.25) is 0 Å². The van der Waals surface area contributed by atoms with Gasteiger partial charge in [0, 0.05) is 57.9 Å². The van der Waals surface area contributed by atoms with E-state index in [1.54, 1.807) is 4.57 Å².